The normalized spacial score (nSPS) is 11.8. The molecule has 0 spiro atoms. The molecular weight excluding hydrogens is 246 g/mol. The molecule has 2 rings (SSSR count). The second kappa shape index (κ2) is 5.56. The molecule has 0 aliphatic rings. The maximum absolute atomic E-state index is 9.23. The second-order valence-corrected chi connectivity index (χ2v) is 4.58. The first-order chi connectivity index (χ1) is 8.76. The number of aromatic nitrogens is 3. The summed E-state index contributed by atoms with van der Waals surface area (Å²) in [5.74, 6) is 0.744. The van der Waals surface area contributed by atoms with Gasteiger partial charge in [0.15, 0.2) is 0 Å². The Kier molecular flexibility index (Phi) is 3.85. The highest BCUT2D eigenvalue weighted by Gasteiger charge is 2.12. The van der Waals surface area contributed by atoms with Gasteiger partial charge in [-0.05, 0) is 25.3 Å². The van der Waals surface area contributed by atoms with Crippen LogP contribution in [0, 0.1) is 11.3 Å². The maximum Gasteiger partial charge on any atom is 0.146 e. The predicted molar refractivity (Wildman–Crippen MR) is 71.4 cm³/mol. The molecule has 0 amide bonds. The number of hydrogen-bond donors (Lipinski definition) is 2. The zero-order valence-corrected chi connectivity index (χ0v) is 11.0. The predicted octanol–water partition coefficient (Wildman–Crippen LogP) is 2.57. The number of anilines is 1. The fourth-order valence-electron chi connectivity index (χ4n) is 1.66. The molecule has 0 aliphatic carbocycles. The van der Waals surface area contributed by atoms with Gasteiger partial charge in [0, 0.05) is 4.90 Å². The van der Waals surface area contributed by atoms with E-state index in [1.807, 2.05) is 31.4 Å². The summed E-state index contributed by atoms with van der Waals surface area (Å²) < 4.78 is 0. The van der Waals surface area contributed by atoms with E-state index in [-0.39, 0.29) is 6.04 Å². The highest BCUT2D eigenvalue weighted by molar-refractivity contribution is 7.98. The molecule has 1 aromatic heterocycles. The molecule has 6 heteroatoms. The lowest BCUT2D eigenvalue weighted by molar-refractivity contribution is 0.795. The van der Waals surface area contributed by atoms with Gasteiger partial charge in [-0.3, -0.25) is 5.10 Å². The first-order valence-corrected chi connectivity index (χ1v) is 6.67. The molecule has 0 aliphatic heterocycles. The third-order valence-electron chi connectivity index (χ3n) is 2.57. The van der Waals surface area contributed by atoms with Crippen LogP contribution in [0.2, 0.25) is 0 Å². The Bertz CT molecular complexity index is 558. The van der Waals surface area contributed by atoms with Gasteiger partial charge in [-0.1, -0.05) is 6.07 Å². The van der Waals surface area contributed by atoms with E-state index in [2.05, 4.69) is 26.6 Å². The van der Waals surface area contributed by atoms with Crippen LogP contribution in [0.5, 0.6) is 0 Å². The molecule has 1 unspecified atom stereocenters. The Balaban J connectivity index is 2.27. The number of H-pyrrole nitrogens is 1. The van der Waals surface area contributed by atoms with Crippen molar-refractivity contribution in [2.24, 2.45) is 0 Å². The lowest BCUT2D eigenvalue weighted by atomic mass is 10.1. The third-order valence-corrected chi connectivity index (χ3v) is 3.35. The van der Waals surface area contributed by atoms with Crippen molar-refractivity contribution in [3.8, 4) is 6.07 Å². The highest BCUT2D eigenvalue weighted by Crippen LogP contribution is 2.28. The Hall–Kier alpha value is -2.00. The van der Waals surface area contributed by atoms with Crippen molar-refractivity contribution in [2.75, 3.05) is 11.6 Å². The molecule has 1 heterocycles. The van der Waals surface area contributed by atoms with E-state index >= 15 is 0 Å². The van der Waals surface area contributed by atoms with Crippen molar-refractivity contribution in [3.63, 3.8) is 0 Å². The standard InChI is InChI=1S/C12H13N5S/c1-8(12-14-7-15-17-12)16-10-4-3-5-11(18-2)9(10)6-13/h3-5,7-8,16H,1-2H3,(H,14,15,17). The first kappa shape index (κ1) is 12.5. The number of hydrogen-bond acceptors (Lipinski definition) is 5. The van der Waals surface area contributed by atoms with Gasteiger partial charge in [0.05, 0.1) is 17.3 Å². The van der Waals surface area contributed by atoms with Crippen molar-refractivity contribution < 1.29 is 0 Å². The van der Waals surface area contributed by atoms with Crippen LogP contribution in [0.3, 0.4) is 0 Å². The van der Waals surface area contributed by atoms with Crippen LogP contribution in [0.1, 0.15) is 24.4 Å². The van der Waals surface area contributed by atoms with Gasteiger partial charge in [-0.25, -0.2) is 4.98 Å². The number of thioether (sulfide) groups is 1. The number of aromatic amines is 1. The van der Waals surface area contributed by atoms with Crippen molar-refractivity contribution in [1.82, 2.24) is 15.2 Å². The van der Waals surface area contributed by atoms with Crippen LogP contribution in [0.15, 0.2) is 29.4 Å². The summed E-state index contributed by atoms with van der Waals surface area (Å²) >= 11 is 1.56. The lowest BCUT2D eigenvalue weighted by Crippen LogP contribution is -2.09. The molecule has 0 fully saturated rings. The molecule has 18 heavy (non-hydrogen) atoms. The Morgan fingerprint density at radius 1 is 1.50 bits per heavy atom. The Morgan fingerprint density at radius 3 is 2.94 bits per heavy atom. The average molecular weight is 259 g/mol. The molecule has 0 bridgehead atoms. The van der Waals surface area contributed by atoms with Gasteiger partial charge in [0.1, 0.15) is 18.2 Å². The second-order valence-electron chi connectivity index (χ2n) is 3.73. The fraction of sp³-hybridized carbons (Fsp3) is 0.250. The van der Waals surface area contributed by atoms with Crippen LogP contribution in [0.25, 0.3) is 0 Å². The minimum Gasteiger partial charge on any atom is -0.374 e. The number of nitrogens with zero attached hydrogens (tertiary/aromatic N) is 3. The summed E-state index contributed by atoms with van der Waals surface area (Å²) in [6, 6.07) is 7.97. The minimum atomic E-state index is -0.0308. The highest BCUT2D eigenvalue weighted by atomic mass is 32.2. The van der Waals surface area contributed by atoms with Gasteiger partial charge in [0.2, 0.25) is 0 Å². The third kappa shape index (κ3) is 2.46. The van der Waals surface area contributed by atoms with E-state index < -0.39 is 0 Å². The smallest absolute Gasteiger partial charge is 0.146 e. The fourth-order valence-corrected chi connectivity index (χ4v) is 2.24. The zero-order valence-electron chi connectivity index (χ0n) is 10.1. The summed E-state index contributed by atoms with van der Waals surface area (Å²) in [6.07, 6.45) is 3.43. The number of benzene rings is 1. The summed E-state index contributed by atoms with van der Waals surface area (Å²) in [6.45, 7) is 1.97. The maximum atomic E-state index is 9.23. The summed E-state index contributed by atoms with van der Waals surface area (Å²) in [5.41, 5.74) is 1.48. The quantitative estimate of drug-likeness (QED) is 0.825. The van der Waals surface area contributed by atoms with Gasteiger partial charge in [-0.15, -0.1) is 11.8 Å². The van der Waals surface area contributed by atoms with Gasteiger partial charge in [-0.2, -0.15) is 10.4 Å². The molecule has 0 radical (unpaired) electrons. The molecule has 92 valence electrons. The molecule has 1 atom stereocenters. The summed E-state index contributed by atoms with van der Waals surface area (Å²) in [7, 11) is 0. The Labute approximate surface area is 110 Å². The number of rotatable bonds is 4. The van der Waals surface area contributed by atoms with Crippen molar-refractivity contribution in [1.29, 1.82) is 5.26 Å². The van der Waals surface area contributed by atoms with Gasteiger partial charge in [0.25, 0.3) is 0 Å². The van der Waals surface area contributed by atoms with E-state index in [1.54, 1.807) is 11.8 Å². The van der Waals surface area contributed by atoms with E-state index in [0.29, 0.717) is 5.56 Å². The van der Waals surface area contributed by atoms with Crippen molar-refractivity contribution in [2.45, 2.75) is 17.9 Å². The molecule has 2 N–H and O–H groups in total. The molecule has 2 aromatic rings. The average Bonchev–Trinajstić information content (AvgIpc) is 2.92. The monoisotopic (exact) mass is 259 g/mol. The summed E-state index contributed by atoms with van der Waals surface area (Å²) in [4.78, 5) is 5.06. The van der Waals surface area contributed by atoms with Gasteiger partial charge >= 0.3 is 0 Å². The molecular formula is C12H13N5S. The number of nitriles is 1. The first-order valence-electron chi connectivity index (χ1n) is 5.45. The molecule has 0 saturated heterocycles. The molecule has 1 aromatic carbocycles. The topological polar surface area (TPSA) is 77.4 Å². The molecule has 5 nitrogen and oxygen atoms in total. The van der Waals surface area contributed by atoms with Crippen LogP contribution < -0.4 is 5.32 Å². The lowest BCUT2D eigenvalue weighted by Gasteiger charge is -2.15. The van der Waals surface area contributed by atoms with E-state index in [4.69, 9.17) is 0 Å². The van der Waals surface area contributed by atoms with Crippen molar-refractivity contribution in [3.05, 3.63) is 35.9 Å². The van der Waals surface area contributed by atoms with Crippen LogP contribution in [-0.4, -0.2) is 21.4 Å². The van der Waals surface area contributed by atoms with E-state index in [1.165, 1.54) is 6.33 Å². The zero-order chi connectivity index (χ0) is 13.0. The van der Waals surface area contributed by atoms with Crippen LogP contribution in [-0.2, 0) is 0 Å². The summed E-state index contributed by atoms with van der Waals surface area (Å²) in [5, 5.41) is 19.1. The van der Waals surface area contributed by atoms with Crippen molar-refractivity contribution >= 4 is 17.4 Å². The SMILES string of the molecule is CSc1cccc(NC(C)c2ncn[nH]2)c1C#N. The number of nitrogens with one attached hydrogen (secondary N) is 2. The van der Waals surface area contributed by atoms with Crippen LogP contribution in [0.4, 0.5) is 5.69 Å². The van der Waals surface area contributed by atoms with E-state index in [9.17, 15) is 5.26 Å². The van der Waals surface area contributed by atoms with E-state index in [0.717, 1.165) is 16.4 Å². The van der Waals surface area contributed by atoms with Crippen LogP contribution >= 0.6 is 11.8 Å². The Morgan fingerprint density at radius 2 is 2.33 bits per heavy atom. The van der Waals surface area contributed by atoms with Gasteiger partial charge < -0.3 is 5.32 Å². The molecule has 0 saturated carbocycles. The largest absolute Gasteiger partial charge is 0.374 e. The minimum absolute atomic E-state index is 0.0308.